The second-order valence-electron chi connectivity index (χ2n) is 5.80. The number of carbonyl (C=O) groups is 1. The summed E-state index contributed by atoms with van der Waals surface area (Å²) in [6, 6.07) is 9.75. The molecule has 0 aliphatic heterocycles. The van der Waals surface area contributed by atoms with Crippen molar-refractivity contribution in [3.63, 3.8) is 0 Å². The lowest BCUT2D eigenvalue weighted by atomic mass is 10.3. The molecule has 0 aliphatic carbocycles. The molecule has 1 amide bonds. The standard InChI is InChI=1S/C18H21N3O2S/c1-3-20-15-6-4-5-7-16(15)21(18(20)23)10-8-17(22)19(2)12-14-9-11-24-13-14/h4-7,9,11,13H,3,8,10,12H2,1-2H3. The summed E-state index contributed by atoms with van der Waals surface area (Å²) >= 11 is 1.63. The van der Waals surface area contributed by atoms with Gasteiger partial charge in [0.05, 0.1) is 11.0 Å². The molecule has 0 aliphatic rings. The number of carbonyl (C=O) groups excluding carboxylic acids is 1. The molecule has 0 fully saturated rings. The van der Waals surface area contributed by atoms with Gasteiger partial charge in [-0.2, -0.15) is 11.3 Å². The van der Waals surface area contributed by atoms with Gasteiger partial charge < -0.3 is 4.90 Å². The predicted octanol–water partition coefficient (Wildman–Crippen LogP) is 2.93. The van der Waals surface area contributed by atoms with Crippen LogP contribution < -0.4 is 5.69 Å². The highest BCUT2D eigenvalue weighted by Crippen LogP contribution is 2.14. The fourth-order valence-corrected chi connectivity index (χ4v) is 3.60. The molecule has 2 heterocycles. The molecule has 3 aromatic rings. The minimum atomic E-state index is -0.0491. The first-order valence-corrected chi connectivity index (χ1v) is 8.99. The van der Waals surface area contributed by atoms with Crippen molar-refractivity contribution in [3.05, 3.63) is 57.1 Å². The van der Waals surface area contributed by atoms with Gasteiger partial charge in [-0.05, 0) is 41.4 Å². The molecular formula is C18H21N3O2S. The highest BCUT2D eigenvalue weighted by atomic mass is 32.1. The zero-order valence-electron chi connectivity index (χ0n) is 13.9. The van der Waals surface area contributed by atoms with Crippen LogP contribution in [0.5, 0.6) is 0 Å². The predicted molar refractivity (Wildman–Crippen MR) is 97.3 cm³/mol. The second kappa shape index (κ2) is 7.05. The van der Waals surface area contributed by atoms with Crippen molar-refractivity contribution in [2.75, 3.05) is 7.05 Å². The number of fused-ring (bicyclic) bond motifs is 1. The van der Waals surface area contributed by atoms with E-state index in [0.29, 0.717) is 26.1 Å². The van der Waals surface area contributed by atoms with Crippen molar-refractivity contribution in [3.8, 4) is 0 Å². The molecule has 0 N–H and O–H groups in total. The Morgan fingerprint density at radius 2 is 1.88 bits per heavy atom. The van der Waals surface area contributed by atoms with Crippen LogP contribution in [0.2, 0.25) is 0 Å². The van der Waals surface area contributed by atoms with Crippen LogP contribution in [-0.4, -0.2) is 27.0 Å². The first-order valence-electron chi connectivity index (χ1n) is 8.05. The largest absolute Gasteiger partial charge is 0.341 e. The van der Waals surface area contributed by atoms with E-state index in [4.69, 9.17) is 0 Å². The lowest BCUT2D eigenvalue weighted by molar-refractivity contribution is -0.130. The van der Waals surface area contributed by atoms with Gasteiger partial charge in [-0.1, -0.05) is 12.1 Å². The Kier molecular flexibility index (Phi) is 4.85. The van der Waals surface area contributed by atoms with Gasteiger partial charge in [0.15, 0.2) is 0 Å². The maximum atomic E-state index is 12.6. The Morgan fingerprint density at radius 3 is 2.50 bits per heavy atom. The van der Waals surface area contributed by atoms with E-state index in [2.05, 4.69) is 0 Å². The molecule has 126 valence electrons. The smallest absolute Gasteiger partial charge is 0.329 e. The van der Waals surface area contributed by atoms with Crippen LogP contribution in [0.1, 0.15) is 18.9 Å². The minimum absolute atomic E-state index is 0.0430. The normalized spacial score (nSPS) is 11.1. The Labute approximate surface area is 144 Å². The molecule has 0 spiro atoms. The summed E-state index contributed by atoms with van der Waals surface area (Å²) in [5.74, 6) is 0.0430. The lowest BCUT2D eigenvalue weighted by Crippen LogP contribution is -2.29. The number of imidazole rings is 1. The highest BCUT2D eigenvalue weighted by molar-refractivity contribution is 7.07. The first-order chi connectivity index (χ1) is 11.6. The molecular weight excluding hydrogens is 322 g/mol. The molecule has 0 atom stereocenters. The quantitative estimate of drug-likeness (QED) is 0.691. The Balaban J connectivity index is 1.75. The van der Waals surface area contributed by atoms with Crippen LogP contribution in [0.25, 0.3) is 11.0 Å². The Hall–Kier alpha value is -2.34. The number of thiophene rings is 1. The zero-order valence-corrected chi connectivity index (χ0v) is 14.8. The fourth-order valence-electron chi connectivity index (χ4n) is 2.94. The van der Waals surface area contributed by atoms with Crippen LogP contribution in [0, 0.1) is 0 Å². The molecule has 0 bridgehead atoms. The van der Waals surface area contributed by atoms with E-state index in [0.717, 1.165) is 16.6 Å². The van der Waals surface area contributed by atoms with Crippen molar-refractivity contribution < 1.29 is 4.79 Å². The molecule has 0 radical (unpaired) electrons. The van der Waals surface area contributed by atoms with E-state index < -0.39 is 0 Å². The van der Waals surface area contributed by atoms with Crippen LogP contribution in [0.3, 0.4) is 0 Å². The Morgan fingerprint density at radius 1 is 1.17 bits per heavy atom. The van der Waals surface area contributed by atoms with Gasteiger partial charge in [-0.3, -0.25) is 13.9 Å². The Bertz CT molecular complexity index is 893. The number of nitrogens with zero attached hydrogens (tertiary/aromatic N) is 3. The van der Waals surface area contributed by atoms with Crippen LogP contribution in [-0.2, 0) is 24.4 Å². The summed E-state index contributed by atoms with van der Waals surface area (Å²) in [4.78, 5) is 26.6. The highest BCUT2D eigenvalue weighted by Gasteiger charge is 2.14. The average molecular weight is 343 g/mol. The summed E-state index contributed by atoms with van der Waals surface area (Å²) < 4.78 is 3.45. The zero-order chi connectivity index (χ0) is 17.1. The monoisotopic (exact) mass is 343 g/mol. The molecule has 0 saturated carbocycles. The van der Waals surface area contributed by atoms with Crippen molar-refractivity contribution in [2.45, 2.75) is 33.0 Å². The van der Waals surface area contributed by atoms with Gasteiger partial charge >= 0.3 is 5.69 Å². The van der Waals surface area contributed by atoms with Crippen molar-refractivity contribution in [2.24, 2.45) is 0 Å². The molecule has 5 nitrogen and oxygen atoms in total. The van der Waals surface area contributed by atoms with Gasteiger partial charge in [0.25, 0.3) is 0 Å². The molecule has 3 rings (SSSR count). The number of benzene rings is 1. The van der Waals surface area contributed by atoms with Crippen LogP contribution >= 0.6 is 11.3 Å². The molecule has 2 aromatic heterocycles. The van der Waals surface area contributed by atoms with E-state index in [1.54, 1.807) is 32.4 Å². The second-order valence-corrected chi connectivity index (χ2v) is 6.58. The molecule has 0 saturated heterocycles. The SMILES string of the molecule is CCn1c(=O)n(CCC(=O)N(C)Cc2ccsc2)c2ccccc21. The lowest BCUT2D eigenvalue weighted by Gasteiger charge is -2.16. The maximum Gasteiger partial charge on any atom is 0.329 e. The summed E-state index contributed by atoms with van der Waals surface area (Å²) in [6.45, 7) is 3.59. The van der Waals surface area contributed by atoms with Gasteiger partial charge in [0.1, 0.15) is 0 Å². The number of hydrogen-bond acceptors (Lipinski definition) is 3. The summed E-state index contributed by atoms with van der Waals surface area (Å²) in [7, 11) is 1.80. The molecule has 24 heavy (non-hydrogen) atoms. The van der Waals surface area contributed by atoms with Gasteiger partial charge in [-0.15, -0.1) is 0 Å². The van der Waals surface area contributed by atoms with Crippen molar-refractivity contribution in [1.29, 1.82) is 0 Å². The third kappa shape index (κ3) is 3.14. The third-order valence-corrected chi connectivity index (χ3v) is 4.95. The average Bonchev–Trinajstić information content (AvgIpc) is 3.18. The number of rotatable bonds is 6. The number of para-hydroxylation sites is 2. The molecule has 1 aromatic carbocycles. The van der Waals surface area contributed by atoms with Crippen molar-refractivity contribution >= 4 is 28.3 Å². The van der Waals surface area contributed by atoms with Gasteiger partial charge in [0.2, 0.25) is 5.91 Å². The van der Waals surface area contributed by atoms with Crippen LogP contribution in [0.15, 0.2) is 45.9 Å². The minimum Gasteiger partial charge on any atom is -0.341 e. The summed E-state index contributed by atoms with van der Waals surface area (Å²) in [6.07, 6.45) is 0.318. The number of amides is 1. The topological polar surface area (TPSA) is 47.2 Å². The first kappa shape index (κ1) is 16.5. The van der Waals surface area contributed by atoms with E-state index in [1.165, 1.54) is 0 Å². The van der Waals surface area contributed by atoms with Crippen LogP contribution in [0.4, 0.5) is 0 Å². The number of aryl methyl sites for hydroxylation is 2. The van der Waals surface area contributed by atoms with Crippen molar-refractivity contribution in [1.82, 2.24) is 14.0 Å². The van der Waals surface area contributed by atoms with E-state index in [1.807, 2.05) is 48.0 Å². The third-order valence-electron chi connectivity index (χ3n) is 4.22. The van der Waals surface area contributed by atoms with E-state index in [9.17, 15) is 9.59 Å². The molecule has 6 heteroatoms. The van der Waals surface area contributed by atoms with Gasteiger partial charge in [-0.25, -0.2) is 4.79 Å². The maximum absolute atomic E-state index is 12.6. The summed E-state index contributed by atoms with van der Waals surface area (Å²) in [5.41, 5.74) is 2.89. The fraction of sp³-hybridized carbons (Fsp3) is 0.333. The number of aromatic nitrogens is 2. The number of hydrogen-bond donors (Lipinski definition) is 0. The van der Waals surface area contributed by atoms with E-state index in [-0.39, 0.29) is 11.6 Å². The van der Waals surface area contributed by atoms with E-state index >= 15 is 0 Å². The van der Waals surface area contributed by atoms with Gasteiger partial charge in [0, 0.05) is 33.1 Å². The molecule has 0 unspecified atom stereocenters. The summed E-state index contributed by atoms with van der Waals surface area (Å²) in [5, 5.41) is 4.05.